The molecule has 10 nitrogen and oxygen atoms in total. The first-order valence-corrected chi connectivity index (χ1v) is 40.5. The van der Waals surface area contributed by atoms with Crippen molar-refractivity contribution >= 4 is 157 Å². The first-order valence-electron chi connectivity index (χ1n) is 25.3. The number of carbonyl (C=O) groups is 4. The van der Waals surface area contributed by atoms with E-state index in [1.165, 1.54) is 22.6 Å². The van der Waals surface area contributed by atoms with Gasteiger partial charge in [-0.05, 0) is 84.4 Å². The maximum atomic E-state index is 14.3. The number of nitrogens with zero attached hydrogens (tertiary/aromatic N) is 6. The van der Waals surface area contributed by atoms with Crippen LogP contribution in [0.15, 0.2) is 52.3 Å². The van der Waals surface area contributed by atoms with E-state index in [0.717, 1.165) is 107 Å². The van der Waals surface area contributed by atoms with Gasteiger partial charge < -0.3 is 0 Å². The second kappa shape index (κ2) is 23.2. The van der Waals surface area contributed by atoms with E-state index in [2.05, 4.69) is 148 Å². The van der Waals surface area contributed by atoms with Gasteiger partial charge in [-0.3, -0.25) is 29.0 Å². The molecule has 0 N–H and O–H groups in total. The lowest BCUT2D eigenvalue weighted by molar-refractivity contribution is 0.0609. The van der Waals surface area contributed by atoms with E-state index in [0.29, 0.717) is 58.2 Å². The molecule has 0 radical (unpaired) electrons. The molecule has 7 heterocycles. The molecule has 0 bridgehead atoms. The molecular formula is C53H69BrN6O4S5Si3. The quantitative estimate of drug-likeness (QED) is 0.0652. The second-order valence-corrected chi connectivity index (χ2v) is 44.0. The minimum atomic E-state index is -1.56. The predicted octanol–water partition coefficient (Wildman–Crippen LogP) is 14.6. The van der Waals surface area contributed by atoms with Crippen LogP contribution in [0.3, 0.4) is 0 Å². The van der Waals surface area contributed by atoms with E-state index in [1.54, 1.807) is 39.3 Å². The Balaban J connectivity index is 0.000000197. The summed E-state index contributed by atoms with van der Waals surface area (Å²) in [6.07, 6.45) is 8.47. The van der Waals surface area contributed by atoms with Gasteiger partial charge in [0.1, 0.15) is 22.1 Å². The Hall–Kier alpha value is -3.41. The first kappa shape index (κ1) is 56.3. The van der Waals surface area contributed by atoms with Crippen molar-refractivity contribution in [3.63, 3.8) is 0 Å². The van der Waals surface area contributed by atoms with Crippen LogP contribution < -0.4 is 13.5 Å². The molecule has 5 aromatic heterocycles. The monoisotopic (exact) mass is 1180 g/mol. The molecule has 19 heteroatoms. The van der Waals surface area contributed by atoms with Crippen LogP contribution in [-0.2, 0) is 0 Å². The summed E-state index contributed by atoms with van der Waals surface area (Å²) in [6.45, 7) is 30.7. The maximum absolute atomic E-state index is 14.3. The summed E-state index contributed by atoms with van der Waals surface area (Å²) in [7, 11) is -4.14. The van der Waals surface area contributed by atoms with Gasteiger partial charge in [0, 0.05) is 34.0 Å². The third-order valence-corrected chi connectivity index (χ3v) is 29.2. The van der Waals surface area contributed by atoms with Crippen molar-refractivity contribution in [3.05, 3.63) is 74.6 Å². The van der Waals surface area contributed by atoms with Crippen LogP contribution in [0.25, 0.3) is 42.9 Å². The van der Waals surface area contributed by atoms with Crippen LogP contribution in [0.2, 0.25) is 58.9 Å². The number of halogens is 1. The molecule has 9 rings (SSSR count). The van der Waals surface area contributed by atoms with E-state index in [4.69, 9.17) is 8.75 Å². The number of fused-ring (bicyclic) bond motifs is 4. The molecule has 2 aliphatic heterocycles. The molecule has 384 valence electrons. The van der Waals surface area contributed by atoms with Gasteiger partial charge in [-0.15, -0.1) is 34.0 Å². The zero-order valence-electron chi connectivity index (χ0n) is 44.1. The zero-order valence-corrected chi connectivity index (χ0v) is 52.7. The van der Waals surface area contributed by atoms with Gasteiger partial charge in [0.2, 0.25) is 0 Å². The van der Waals surface area contributed by atoms with E-state index >= 15 is 0 Å². The Morgan fingerprint density at radius 3 is 1.21 bits per heavy atom. The van der Waals surface area contributed by atoms with Gasteiger partial charge >= 0.3 is 0 Å². The molecule has 0 aliphatic carbocycles. The van der Waals surface area contributed by atoms with Crippen molar-refractivity contribution in [3.8, 4) is 20.9 Å². The standard InChI is InChI=1S/C30H39N3O2S3Si2.C16H19N3O2S.C7H11BrSSi/c1-9-11-12-18(10-2)17-33-29(34)25-23(19-13-15-21(36-19)39(3,4)5)27-28(32-38-31-27)24(26(25)30(33)35)20-14-16-22(37-20)40(6,7)8;1-3-5-6-10(4-2)9-19-15(20)11-7-13-14(18-22-17-13)8-12(11)16(19)21;1-10(2,3)7-5-4-6(8)9-7/h13-16,18H,9-12,17H2,1-8H3;7-8,10H,3-6,9H2,1-2H3;4-5H,1-3H3. The van der Waals surface area contributed by atoms with Crippen molar-refractivity contribution in [2.45, 2.75) is 138 Å². The summed E-state index contributed by atoms with van der Waals surface area (Å²) in [4.78, 5) is 58.7. The third-order valence-electron chi connectivity index (χ3n) is 13.4. The van der Waals surface area contributed by atoms with Crippen molar-refractivity contribution in [1.29, 1.82) is 0 Å². The number of amides is 4. The highest BCUT2D eigenvalue weighted by Crippen LogP contribution is 2.47. The number of carbonyl (C=O) groups excluding carboxylic acids is 4. The molecule has 4 amide bonds. The molecule has 2 unspecified atom stereocenters. The highest BCUT2D eigenvalue weighted by molar-refractivity contribution is 9.11. The Bertz CT molecular complexity index is 2950. The Kier molecular flexibility index (Phi) is 18.2. The number of benzene rings is 2. The molecule has 7 aromatic rings. The van der Waals surface area contributed by atoms with Crippen LogP contribution in [0.4, 0.5) is 0 Å². The molecule has 0 saturated carbocycles. The summed E-state index contributed by atoms with van der Waals surface area (Å²) < 4.78 is 23.4. The number of aromatic nitrogens is 4. The van der Waals surface area contributed by atoms with Gasteiger partial charge in [-0.1, -0.05) is 143 Å². The number of hydrogen-bond donors (Lipinski definition) is 0. The third kappa shape index (κ3) is 12.1. The predicted molar refractivity (Wildman–Crippen MR) is 320 cm³/mol. The van der Waals surface area contributed by atoms with Crippen molar-refractivity contribution < 1.29 is 19.2 Å². The molecule has 2 aliphatic rings. The van der Waals surface area contributed by atoms with Crippen molar-refractivity contribution in [2.75, 3.05) is 13.1 Å². The molecule has 0 fully saturated rings. The highest BCUT2D eigenvalue weighted by atomic mass is 79.9. The van der Waals surface area contributed by atoms with Crippen molar-refractivity contribution in [2.24, 2.45) is 11.8 Å². The number of rotatable bonds is 17. The van der Waals surface area contributed by atoms with Crippen LogP contribution in [0.1, 0.15) is 120 Å². The molecular weight excluding hydrogens is 1110 g/mol. The smallest absolute Gasteiger partial charge is 0.262 e. The maximum Gasteiger partial charge on any atom is 0.262 e. The minimum absolute atomic E-state index is 0.175. The minimum Gasteiger partial charge on any atom is -0.274 e. The lowest BCUT2D eigenvalue weighted by atomic mass is 9.93. The molecule has 2 aromatic carbocycles. The lowest BCUT2D eigenvalue weighted by Crippen LogP contribution is -2.34. The fraction of sp³-hybridized carbons (Fsp3) is 0.472. The summed E-state index contributed by atoms with van der Waals surface area (Å²) in [6, 6.07) is 16.4. The molecule has 2 atom stereocenters. The van der Waals surface area contributed by atoms with Crippen molar-refractivity contribution in [1.82, 2.24) is 27.3 Å². The summed E-state index contributed by atoms with van der Waals surface area (Å²) in [5.74, 6) is -0.0583. The van der Waals surface area contributed by atoms with E-state index in [-0.39, 0.29) is 23.6 Å². The topological polar surface area (TPSA) is 126 Å². The number of thiophene rings is 3. The zero-order chi connectivity index (χ0) is 52.4. The van der Waals surface area contributed by atoms with E-state index in [1.807, 2.05) is 11.3 Å². The average molecular weight is 1180 g/mol. The Labute approximate surface area is 457 Å². The molecule has 0 spiro atoms. The number of hydrogen-bond acceptors (Lipinski definition) is 13. The van der Waals surface area contributed by atoms with Gasteiger partial charge in [0.25, 0.3) is 23.6 Å². The van der Waals surface area contributed by atoms with E-state index in [9.17, 15) is 19.2 Å². The number of unbranched alkanes of at least 4 members (excludes halogenated alkanes) is 2. The summed E-state index contributed by atoms with van der Waals surface area (Å²) >= 11 is 11.1. The van der Waals surface area contributed by atoms with Gasteiger partial charge in [-0.2, -0.15) is 17.5 Å². The van der Waals surface area contributed by atoms with Crippen LogP contribution in [0.5, 0.6) is 0 Å². The Morgan fingerprint density at radius 2 is 0.875 bits per heavy atom. The van der Waals surface area contributed by atoms with Gasteiger partial charge in [0.15, 0.2) is 0 Å². The summed E-state index contributed by atoms with van der Waals surface area (Å²) in [5.41, 5.74) is 6.43. The highest BCUT2D eigenvalue weighted by Gasteiger charge is 2.44. The normalized spacial score (nSPS) is 14.8. The summed E-state index contributed by atoms with van der Waals surface area (Å²) in [5, 5.41) is 0. The second-order valence-electron chi connectivity index (χ2n) is 22.1. The van der Waals surface area contributed by atoms with Crippen LogP contribution in [-0.4, -0.2) is 88.2 Å². The van der Waals surface area contributed by atoms with Gasteiger partial charge in [0.05, 0.1) is 73.7 Å². The van der Waals surface area contributed by atoms with Gasteiger partial charge in [-0.25, -0.2) is 0 Å². The fourth-order valence-electron chi connectivity index (χ4n) is 8.99. The average Bonchev–Trinajstić information content (AvgIpc) is 4.20. The molecule has 0 saturated heterocycles. The first-order chi connectivity index (χ1) is 34.0. The number of imide groups is 2. The SMILES string of the molecule is CCCCC(CC)CN1C(=O)c2c(c(-c3ccc([Si](C)(C)C)s3)c3nsnc3c2-c2ccc([Si](C)(C)C)s2)C1=O.CCCCC(CC)CN1C(=O)c2cc3nsnc3cc2C1=O.C[Si](C)(C)c1ccc(Br)s1. The fourth-order valence-corrected chi connectivity index (χ4v) is 19.7. The largest absolute Gasteiger partial charge is 0.274 e. The van der Waals surface area contributed by atoms with Crippen LogP contribution >= 0.6 is 73.4 Å². The molecule has 72 heavy (non-hydrogen) atoms. The van der Waals surface area contributed by atoms with E-state index < -0.39 is 24.2 Å². The lowest BCUT2D eigenvalue weighted by Gasteiger charge is -2.21. The Morgan fingerprint density at radius 1 is 0.500 bits per heavy atom. The van der Waals surface area contributed by atoms with Crippen LogP contribution in [0, 0.1) is 11.8 Å².